The molecule has 0 fully saturated rings. The maximum absolute atomic E-state index is 5.89. The fourth-order valence-corrected chi connectivity index (χ4v) is 3.17. The minimum absolute atomic E-state index is 0.435. The van der Waals surface area contributed by atoms with E-state index in [1.165, 1.54) is 11.8 Å². The van der Waals surface area contributed by atoms with Crippen molar-refractivity contribution in [3.05, 3.63) is 70.9 Å². The molecule has 0 aliphatic heterocycles. The number of halogens is 1. The minimum Gasteiger partial charge on any atom is -0.497 e. The molecular weight excluding hydrogens is 400 g/mol. The molecule has 0 spiro atoms. The number of hydrogen-bond acceptors (Lipinski definition) is 8. The molecule has 4 aromatic rings. The van der Waals surface area contributed by atoms with E-state index < -0.39 is 0 Å². The van der Waals surface area contributed by atoms with E-state index >= 15 is 0 Å². The molecule has 0 amide bonds. The number of benzene rings is 2. The molecule has 0 aliphatic rings. The summed E-state index contributed by atoms with van der Waals surface area (Å²) in [6.07, 6.45) is 0.554. The zero-order chi connectivity index (χ0) is 19.3. The van der Waals surface area contributed by atoms with Crippen molar-refractivity contribution in [3.63, 3.8) is 0 Å². The predicted octanol–water partition coefficient (Wildman–Crippen LogP) is 4.66. The van der Waals surface area contributed by atoms with Crippen LogP contribution in [0.25, 0.3) is 11.5 Å². The SMILES string of the molecule is COc1ccc(Cc2nnc(SCc3nnc(-c4ccc(Cl)cc4)o3)o2)cc1. The number of thioether (sulfide) groups is 1. The Morgan fingerprint density at radius 1 is 0.893 bits per heavy atom. The van der Waals surface area contributed by atoms with E-state index in [-0.39, 0.29) is 0 Å². The van der Waals surface area contributed by atoms with Gasteiger partial charge in [0.1, 0.15) is 5.75 Å². The molecule has 7 nitrogen and oxygen atoms in total. The number of hydrogen-bond donors (Lipinski definition) is 0. The lowest BCUT2D eigenvalue weighted by Crippen LogP contribution is -1.89. The van der Waals surface area contributed by atoms with Gasteiger partial charge in [-0.3, -0.25) is 0 Å². The van der Waals surface area contributed by atoms with Gasteiger partial charge in [0.15, 0.2) is 0 Å². The summed E-state index contributed by atoms with van der Waals surface area (Å²) < 4.78 is 16.5. The van der Waals surface area contributed by atoms with Gasteiger partial charge in [-0.25, -0.2) is 0 Å². The van der Waals surface area contributed by atoms with Crippen LogP contribution in [0.15, 0.2) is 62.6 Å². The first-order chi connectivity index (χ1) is 13.7. The maximum Gasteiger partial charge on any atom is 0.277 e. The lowest BCUT2D eigenvalue weighted by Gasteiger charge is -2.00. The van der Waals surface area contributed by atoms with E-state index in [2.05, 4.69) is 20.4 Å². The highest BCUT2D eigenvalue weighted by Gasteiger charge is 2.12. The lowest BCUT2D eigenvalue weighted by atomic mass is 10.1. The number of aromatic nitrogens is 4. The van der Waals surface area contributed by atoms with Crippen LogP contribution in [-0.2, 0) is 12.2 Å². The fraction of sp³-hybridized carbons (Fsp3) is 0.158. The Kier molecular flexibility index (Phi) is 5.59. The second-order valence-corrected chi connectivity index (χ2v) is 7.15. The molecule has 9 heteroatoms. The van der Waals surface area contributed by atoms with E-state index in [1.807, 2.05) is 36.4 Å². The second-order valence-electron chi connectivity index (χ2n) is 5.78. The van der Waals surface area contributed by atoms with Crippen LogP contribution < -0.4 is 4.74 Å². The lowest BCUT2D eigenvalue weighted by molar-refractivity contribution is 0.413. The van der Waals surface area contributed by atoms with Crippen LogP contribution in [-0.4, -0.2) is 27.5 Å². The van der Waals surface area contributed by atoms with Gasteiger partial charge in [-0.05, 0) is 42.0 Å². The summed E-state index contributed by atoms with van der Waals surface area (Å²) in [5.41, 5.74) is 1.87. The van der Waals surface area contributed by atoms with Gasteiger partial charge >= 0.3 is 0 Å². The molecule has 0 radical (unpaired) electrons. The van der Waals surface area contributed by atoms with Crippen LogP contribution >= 0.6 is 23.4 Å². The molecule has 0 unspecified atom stereocenters. The number of rotatable bonds is 7. The number of methoxy groups -OCH3 is 1. The Balaban J connectivity index is 1.35. The van der Waals surface area contributed by atoms with Crippen molar-refractivity contribution >= 4 is 23.4 Å². The Morgan fingerprint density at radius 2 is 1.64 bits per heavy atom. The third-order valence-electron chi connectivity index (χ3n) is 3.84. The molecule has 0 saturated carbocycles. The number of ether oxygens (including phenoxy) is 1. The third kappa shape index (κ3) is 4.52. The van der Waals surface area contributed by atoms with Gasteiger partial charge < -0.3 is 13.6 Å². The van der Waals surface area contributed by atoms with Gasteiger partial charge in [0, 0.05) is 10.6 Å². The summed E-state index contributed by atoms with van der Waals surface area (Å²) in [6, 6.07) is 14.9. The molecule has 0 N–H and O–H groups in total. The molecule has 0 bridgehead atoms. The summed E-state index contributed by atoms with van der Waals surface area (Å²) in [4.78, 5) is 0. The van der Waals surface area contributed by atoms with Crippen LogP contribution in [0, 0.1) is 0 Å². The maximum atomic E-state index is 5.89. The molecule has 28 heavy (non-hydrogen) atoms. The van der Waals surface area contributed by atoms with Crippen LogP contribution in [0.5, 0.6) is 5.75 Å². The highest BCUT2D eigenvalue weighted by molar-refractivity contribution is 7.98. The van der Waals surface area contributed by atoms with Gasteiger partial charge in [0.2, 0.25) is 17.7 Å². The Bertz CT molecular complexity index is 1050. The van der Waals surface area contributed by atoms with Crippen molar-refractivity contribution < 1.29 is 13.6 Å². The monoisotopic (exact) mass is 414 g/mol. The van der Waals surface area contributed by atoms with Crippen molar-refractivity contribution in [1.29, 1.82) is 0 Å². The zero-order valence-electron chi connectivity index (χ0n) is 14.8. The van der Waals surface area contributed by atoms with Crippen LogP contribution in [0.3, 0.4) is 0 Å². The summed E-state index contributed by atoms with van der Waals surface area (Å²) in [6.45, 7) is 0. The summed E-state index contributed by atoms with van der Waals surface area (Å²) in [5, 5.41) is 17.3. The molecule has 2 aromatic carbocycles. The molecule has 0 aliphatic carbocycles. The van der Waals surface area contributed by atoms with Gasteiger partial charge in [0.05, 0.1) is 19.3 Å². The highest BCUT2D eigenvalue weighted by atomic mass is 35.5. The number of nitrogens with zero attached hydrogens (tertiary/aromatic N) is 4. The van der Waals surface area contributed by atoms with Gasteiger partial charge in [-0.2, -0.15) is 0 Å². The van der Waals surface area contributed by atoms with E-state index in [1.54, 1.807) is 19.2 Å². The molecule has 2 heterocycles. The normalized spacial score (nSPS) is 10.9. The van der Waals surface area contributed by atoms with Crippen molar-refractivity contribution in [2.75, 3.05) is 7.11 Å². The minimum atomic E-state index is 0.435. The second kappa shape index (κ2) is 8.45. The van der Waals surface area contributed by atoms with Gasteiger partial charge in [0.25, 0.3) is 5.22 Å². The topological polar surface area (TPSA) is 87.1 Å². The van der Waals surface area contributed by atoms with E-state index in [4.69, 9.17) is 25.2 Å². The fourth-order valence-electron chi connectivity index (χ4n) is 2.43. The first-order valence-electron chi connectivity index (χ1n) is 8.36. The van der Waals surface area contributed by atoms with Crippen molar-refractivity contribution in [2.24, 2.45) is 0 Å². The predicted molar refractivity (Wildman–Crippen MR) is 104 cm³/mol. The highest BCUT2D eigenvalue weighted by Crippen LogP contribution is 2.25. The van der Waals surface area contributed by atoms with E-state index in [0.29, 0.717) is 40.1 Å². The van der Waals surface area contributed by atoms with Crippen LogP contribution in [0.4, 0.5) is 0 Å². The third-order valence-corrected chi connectivity index (χ3v) is 4.90. The quantitative estimate of drug-likeness (QED) is 0.403. The van der Waals surface area contributed by atoms with Crippen LogP contribution in [0.1, 0.15) is 17.3 Å². The van der Waals surface area contributed by atoms with Crippen LogP contribution in [0.2, 0.25) is 5.02 Å². The molecular formula is C19H15ClN4O3S. The molecule has 0 atom stereocenters. The summed E-state index contributed by atoms with van der Waals surface area (Å²) in [7, 11) is 1.64. The largest absolute Gasteiger partial charge is 0.497 e. The average Bonchev–Trinajstić information content (AvgIpc) is 3.37. The summed E-state index contributed by atoms with van der Waals surface area (Å²) >= 11 is 7.23. The van der Waals surface area contributed by atoms with E-state index in [9.17, 15) is 0 Å². The van der Waals surface area contributed by atoms with Gasteiger partial charge in [-0.1, -0.05) is 35.5 Å². The van der Waals surface area contributed by atoms with Gasteiger partial charge in [-0.15, -0.1) is 20.4 Å². The first-order valence-corrected chi connectivity index (χ1v) is 9.72. The van der Waals surface area contributed by atoms with Crippen molar-refractivity contribution in [2.45, 2.75) is 17.4 Å². The standard InChI is InChI=1S/C19H15ClN4O3S/c1-25-15-8-2-12(3-9-15)10-16-21-24-19(27-16)28-11-17-22-23-18(26-17)13-4-6-14(20)7-5-13/h2-9H,10-11H2,1H3. The molecule has 142 valence electrons. The van der Waals surface area contributed by atoms with Crippen molar-refractivity contribution in [1.82, 2.24) is 20.4 Å². The van der Waals surface area contributed by atoms with Crippen molar-refractivity contribution in [3.8, 4) is 17.2 Å². The van der Waals surface area contributed by atoms with E-state index in [0.717, 1.165) is 16.9 Å². The zero-order valence-corrected chi connectivity index (χ0v) is 16.4. The molecule has 0 saturated heterocycles. The first kappa shape index (κ1) is 18.5. The Morgan fingerprint density at radius 3 is 2.39 bits per heavy atom. The Hall–Kier alpha value is -2.84. The molecule has 4 rings (SSSR count). The smallest absolute Gasteiger partial charge is 0.277 e. The summed E-state index contributed by atoms with van der Waals surface area (Å²) in [5.74, 6) is 2.70. The average molecular weight is 415 g/mol. The Labute approximate surface area is 170 Å². The molecule has 2 aromatic heterocycles.